The van der Waals surface area contributed by atoms with Crippen LogP contribution in [0.5, 0.6) is 0 Å². The van der Waals surface area contributed by atoms with Gasteiger partial charge in [-0.1, -0.05) is 0 Å². The van der Waals surface area contributed by atoms with Crippen LogP contribution in [0.15, 0.2) is 12.4 Å². The Morgan fingerprint density at radius 1 is 1.50 bits per heavy atom. The van der Waals surface area contributed by atoms with E-state index in [1.165, 1.54) is 12.0 Å². The summed E-state index contributed by atoms with van der Waals surface area (Å²) in [6, 6.07) is 0.0824. The molecule has 2 N–H and O–H groups in total. The molecule has 1 unspecified atom stereocenters. The predicted octanol–water partition coefficient (Wildman–Crippen LogP) is -0.850. The van der Waals surface area contributed by atoms with Crippen LogP contribution in [-0.4, -0.2) is 52.3 Å². The minimum absolute atomic E-state index is 0.0571. The van der Waals surface area contributed by atoms with Gasteiger partial charge in [0.1, 0.15) is 12.8 Å². The molecule has 7 heteroatoms. The molecule has 2 rings (SSSR count). The van der Waals surface area contributed by atoms with Crippen molar-refractivity contribution in [2.75, 3.05) is 13.2 Å². The van der Waals surface area contributed by atoms with E-state index in [4.69, 9.17) is 9.94 Å². The summed E-state index contributed by atoms with van der Waals surface area (Å²) in [4.78, 5) is 29.1. The summed E-state index contributed by atoms with van der Waals surface area (Å²) < 4.78 is 0. The van der Waals surface area contributed by atoms with E-state index in [1.54, 1.807) is 6.20 Å². The largest absolute Gasteiger partial charge is 0.385 e. The van der Waals surface area contributed by atoms with Gasteiger partial charge in [0.25, 0.3) is 0 Å². The maximum absolute atomic E-state index is 11.1. The van der Waals surface area contributed by atoms with Gasteiger partial charge in [-0.3, -0.25) is 4.79 Å². The van der Waals surface area contributed by atoms with E-state index < -0.39 is 12.6 Å². The van der Waals surface area contributed by atoms with Crippen LogP contribution in [0.25, 0.3) is 0 Å². The highest BCUT2D eigenvalue weighted by Gasteiger charge is 2.35. The van der Waals surface area contributed by atoms with Crippen molar-refractivity contribution < 1.29 is 19.5 Å². The summed E-state index contributed by atoms with van der Waals surface area (Å²) in [6.07, 6.45) is 4.94. The van der Waals surface area contributed by atoms with Crippen LogP contribution in [0.3, 0.4) is 0 Å². The Kier molecular flexibility index (Phi) is 3.71. The Morgan fingerprint density at radius 3 is 2.94 bits per heavy atom. The van der Waals surface area contributed by atoms with Crippen molar-refractivity contribution in [2.24, 2.45) is 0 Å². The van der Waals surface area contributed by atoms with Gasteiger partial charge in [0.15, 0.2) is 0 Å². The number of carbonyl (C=O) groups excluding carboxylic acids is 2. The molecule has 2 aliphatic heterocycles. The molecule has 0 radical (unpaired) electrons. The van der Waals surface area contributed by atoms with E-state index in [0.29, 0.717) is 6.42 Å². The highest BCUT2D eigenvalue weighted by molar-refractivity contribution is 5.73. The van der Waals surface area contributed by atoms with Crippen LogP contribution < -0.4 is 5.32 Å². The number of hydrogen-bond acceptors (Lipinski definition) is 6. The van der Waals surface area contributed by atoms with E-state index in [9.17, 15) is 9.59 Å². The summed E-state index contributed by atoms with van der Waals surface area (Å²) >= 11 is 0. The van der Waals surface area contributed by atoms with E-state index in [2.05, 4.69) is 5.32 Å². The van der Waals surface area contributed by atoms with Crippen molar-refractivity contribution in [3.63, 3.8) is 0 Å². The molecule has 2 aliphatic rings. The average molecular weight is 255 g/mol. The molecule has 0 aliphatic carbocycles. The van der Waals surface area contributed by atoms with Crippen LogP contribution >= 0.6 is 0 Å². The van der Waals surface area contributed by atoms with Gasteiger partial charge in [0.2, 0.25) is 5.91 Å². The van der Waals surface area contributed by atoms with Gasteiger partial charge in [-0.05, 0) is 6.42 Å². The first-order valence-electron chi connectivity index (χ1n) is 5.91. The average Bonchev–Trinajstić information content (AvgIpc) is 2.71. The number of aliphatic hydroxyl groups is 1. The van der Waals surface area contributed by atoms with Crippen LogP contribution in [0.2, 0.25) is 0 Å². The lowest BCUT2D eigenvalue weighted by Crippen LogP contribution is -2.51. The fourth-order valence-corrected chi connectivity index (χ4v) is 2.29. The summed E-state index contributed by atoms with van der Waals surface area (Å²) in [7, 11) is 0. The molecule has 0 aromatic carbocycles. The molecule has 1 amide bonds. The van der Waals surface area contributed by atoms with Gasteiger partial charge in [-0.2, -0.15) is 5.06 Å². The summed E-state index contributed by atoms with van der Waals surface area (Å²) in [5, 5.41) is 13.0. The standard InChI is InChI=1S/C11H17N3O4/c1-8(16)12-9-2-3-13-4-5-14(10(13)6-9)18-11(17)7-15/h4-5,9-10,15H,2-3,6-7H2,1H3,(H,12,16)/t9-,10?/m1/s1. The zero-order valence-corrected chi connectivity index (χ0v) is 10.2. The Balaban J connectivity index is 1.94. The fourth-order valence-electron chi connectivity index (χ4n) is 2.29. The minimum atomic E-state index is -0.692. The lowest BCUT2D eigenvalue weighted by atomic mass is 10.0. The van der Waals surface area contributed by atoms with Crippen molar-refractivity contribution in [3.8, 4) is 0 Å². The first-order valence-corrected chi connectivity index (χ1v) is 5.91. The molecule has 0 aromatic heterocycles. The van der Waals surface area contributed by atoms with Gasteiger partial charge in [0.05, 0.1) is 6.20 Å². The Labute approximate surface area is 105 Å². The van der Waals surface area contributed by atoms with Crippen LogP contribution in [0.4, 0.5) is 0 Å². The summed E-state index contributed by atoms with van der Waals surface area (Å²) in [5.74, 6) is -0.749. The SMILES string of the molecule is CC(=O)N[C@@H]1CCN2C=CN(OC(=O)CO)C2C1. The minimum Gasteiger partial charge on any atom is -0.385 e. The number of rotatable bonds is 3. The molecular weight excluding hydrogens is 238 g/mol. The molecule has 0 saturated carbocycles. The smallest absolute Gasteiger partial charge is 0.357 e. The second-order valence-corrected chi connectivity index (χ2v) is 4.42. The number of aliphatic hydroxyl groups excluding tert-OH is 1. The predicted molar refractivity (Wildman–Crippen MR) is 61.5 cm³/mol. The number of fused-ring (bicyclic) bond motifs is 1. The van der Waals surface area contributed by atoms with Crippen molar-refractivity contribution in [3.05, 3.63) is 12.4 Å². The molecular formula is C11H17N3O4. The zero-order valence-electron chi connectivity index (χ0n) is 10.2. The fraction of sp³-hybridized carbons (Fsp3) is 0.636. The number of amides is 1. The van der Waals surface area contributed by atoms with Crippen LogP contribution in [0.1, 0.15) is 19.8 Å². The number of piperidine rings is 1. The Hall–Kier alpha value is -1.76. The van der Waals surface area contributed by atoms with Crippen molar-refractivity contribution in [2.45, 2.75) is 32.0 Å². The zero-order chi connectivity index (χ0) is 13.1. The third-order valence-electron chi connectivity index (χ3n) is 3.06. The maximum atomic E-state index is 11.1. The van der Waals surface area contributed by atoms with Gasteiger partial charge >= 0.3 is 5.97 Å². The van der Waals surface area contributed by atoms with Crippen molar-refractivity contribution in [1.82, 2.24) is 15.3 Å². The van der Waals surface area contributed by atoms with Gasteiger partial charge < -0.3 is 20.2 Å². The third-order valence-corrected chi connectivity index (χ3v) is 3.06. The van der Waals surface area contributed by atoms with E-state index in [0.717, 1.165) is 13.0 Å². The van der Waals surface area contributed by atoms with Crippen molar-refractivity contribution in [1.29, 1.82) is 0 Å². The first kappa shape index (κ1) is 12.7. The Bertz CT molecular complexity index is 371. The summed E-state index contributed by atoms with van der Waals surface area (Å²) in [5.41, 5.74) is 0. The lowest BCUT2D eigenvalue weighted by molar-refractivity contribution is -0.198. The number of nitrogens with zero attached hydrogens (tertiary/aromatic N) is 2. The van der Waals surface area contributed by atoms with Gasteiger partial charge in [-0.15, -0.1) is 0 Å². The molecule has 0 bridgehead atoms. The second kappa shape index (κ2) is 5.26. The molecule has 1 fully saturated rings. The normalized spacial score (nSPS) is 25.9. The van der Waals surface area contributed by atoms with Crippen LogP contribution in [-0.2, 0) is 14.4 Å². The molecule has 0 spiro atoms. The lowest BCUT2D eigenvalue weighted by Gasteiger charge is -2.38. The maximum Gasteiger partial charge on any atom is 0.357 e. The number of hydroxylamine groups is 2. The molecule has 2 heterocycles. The highest BCUT2D eigenvalue weighted by atomic mass is 16.7. The van der Waals surface area contributed by atoms with E-state index in [1.807, 2.05) is 11.1 Å². The second-order valence-electron chi connectivity index (χ2n) is 4.42. The molecule has 2 atom stereocenters. The molecule has 1 saturated heterocycles. The molecule has 100 valence electrons. The van der Waals surface area contributed by atoms with Gasteiger partial charge in [0, 0.05) is 32.1 Å². The molecule has 0 aromatic rings. The molecule has 18 heavy (non-hydrogen) atoms. The number of carbonyl (C=O) groups is 2. The Morgan fingerprint density at radius 2 is 2.28 bits per heavy atom. The molecule has 7 nitrogen and oxygen atoms in total. The van der Waals surface area contributed by atoms with Gasteiger partial charge in [-0.25, -0.2) is 4.79 Å². The quantitative estimate of drug-likeness (QED) is 0.683. The third kappa shape index (κ3) is 2.73. The summed E-state index contributed by atoms with van der Waals surface area (Å²) in [6.45, 7) is 1.63. The highest BCUT2D eigenvalue weighted by Crippen LogP contribution is 2.26. The number of hydrogen-bond donors (Lipinski definition) is 2. The van der Waals surface area contributed by atoms with E-state index >= 15 is 0 Å². The van der Waals surface area contributed by atoms with Crippen molar-refractivity contribution >= 4 is 11.9 Å². The van der Waals surface area contributed by atoms with E-state index in [-0.39, 0.29) is 18.1 Å². The van der Waals surface area contributed by atoms with Crippen LogP contribution in [0, 0.1) is 0 Å². The topological polar surface area (TPSA) is 82.1 Å². The number of nitrogens with one attached hydrogen (secondary N) is 1. The first-order chi connectivity index (χ1) is 8.60. The monoisotopic (exact) mass is 255 g/mol.